The summed E-state index contributed by atoms with van der Waals surface area (Å²) in [5.74, 6) is -0.700. The standard InChI is InChI=1S/C13H18FNO2/c1-13(2,3)11(12(16)17-4)15-10-7-5-6-9(14)8-10/h5-8,11,15H,1-4H3. The van der Waals surface area contributed by atoms with Crippen LogP contribution in [0.15, 0.2) is 24.3 Å². The third-order valence-corrected chi connectivity index (χ3v) is 2.44. The second-order valence-electron chi connectivity index (χ2n) is 4.98. The van der Waals surface area contributed by atoms with Gasteiger partial charge in [0.2, 0.25) is 0 Å². The Morgan fingerprint density at radius 2 is 2.06 bits per heavy atom. The van der Waals surface area contributed by atoms with E-state index in [1.165, 1.54) is 19.2 Å². The van der Waals surface area contributed by atoms with E-state index in [9.17, 15) is 9.18 Å². The first-order chi connectivity index (χ1) is 7.84. The number of carbonyl (C=O) groups excluding carboxylic acids is 1. The van der Waals surface area contributed by atoms with E-state index in [1.807, 2.05) is 20.8 Å². The van der Waals surface area contributed by atoms with Crippen LogP contribution in [-0.2, 0) is 9.53 Å². The summed E-state index contributed by atoms with van der Waals surface area (Å²) >= 11 is 0. The molecule has 1 aromatic rings. The van der Waals surface area contributed by atoms with Crippen LogP contribution >= 0.6 is 0 Å². The first-order valence-corrected chi connectivity index (χ1v) is 5.44. The van der Waals surface area contributed by atoms with Crippen molar-refractivity contribution < 1.29 is 13.9 Å². The highest BCUT2D eigenvalue weighted by Crippen LogP contribution is 2.24. The molecular weight excluding hydrogens is 221 g/mol. The number of halogens is 1. The molecule has 0 radical (unpaired) electrons. The van der Waals surface area contributed by atoms with Gasteiger partial charge in [0.15, 0.2) is 0 Å². The van der Waals surface area contributed by atoms with E-state index in [0.717, 1.165) is 0 Å². The van der Waals surface area contributed by atoms with Crippen LogP contribution in [0.25, 0.3) is 0 Å². The van der Waals surface area contributed by atoms with Crippen molar-refractivity contribution in [1.29, 1.82) is 0 Å². The summed E-state index contributed by atoms with van der Waals surface area (Å²) in [6, 6.07) is 5.49. The molecule has 1 aromatic carbocycles. The van der Waals surface area contributed by atoms with Crippen molar-refractivity contribution in [1.82, 2.24) is 0 Å². The van der Waals surface area contributed by atoms with E-state index < -0.39 is 6.04 Å². The van der Waals surface area contributed by atoms with Crippen LogP contribution in [0.1, 0.15) is 20.8 Å². The molecule has 0 aliphatic rings. The Bertz CT molecular complexity index is 399. The van der Waals surface area contributed by atoms with Crippen LogP contribution < -0.4 is 5.32 Å². The average Bonchev–Trinajstić information content (AvgIpc) is 2.23. The summed E-state index contributed by atoms with van der Waals surface area (Å²) < 4.78 is 17.8. The molecule has 0 saturated carbocycles. The van der Waals surface area contributed by atoms with Gasteiger partial charge in [0.1, 0.15) is 11.9 Å². The third-order valence-electron chi connectivity index (χ3n) is 2.44. The lowest BCUT2D eigenvalue weighted by atomic mass is 9.86. The molecule has 1 atom stereocenters. The fraction of sp³-hybridized carbons (Fsp3) is 0.462. The van der Waals surface area contributed by atoms with Gasteiger partial charge < -0.3 is 10.1 Å². The van der Waals surface area contributed by atoms with E-state index in [-0.39, 0.29) is 17.2 Å². The Balaban J connectivity index is 2.91. The van der Waals surface area contributed by atoms with Gasteiger partial charge >= 0.3 is 5.97 Å². The van der Waals surface area contributed by atoms with E-state index in [0.29, 0.717) is 5.69 Å². The molecular formula is C13H18FNO2. The Hall–Kier alpha value is -1.58. The molecule has 3 nitrogen and oxygen atoms in total. The normalized spacial score (nSPS) is 13.0. The summed E-state index contributed by atoms with van der Waals surface area (Å²) in [7, 11) is 1.34. The summed E-state index contributed by atoms with van der Waals surface area (Å²) in [5.41, 5.74) is 0.245. The fourth-order valence-corrected chi connectivity index (χ4v) is 1.49. The molecule has 0 heterocycles. The lowest BCUT2D eigenvalue weighted by molar-refractivity contribution is -0.143. The minimum absolute atomic E-state index is 0.320. The molecule has 0 bridgehead atoms. The first kappa shape index (κ1) is 13.5. The molecule has 0 aromatic heterocycles. The van der Waals surface area contributed by atoms with Crippen molar-refractivity contribution in [3.63, 3.8) is 0 Å². The molecule has 1 N–H and O–H groups in total. The van der Waals surface area contributed by atoms with Crippen LogP contribution in [-0.4, -0.2) is 19.1 Å². The van der Waals surface area contributed by atoms with E-state index in [1.54, 1.807) is 12.1 Å². The molecule has 4 heteroatoms. The number of rotatable bonds is 3. The average molecular weight is 239 g/mol. The lowest BCUT2D eigenvalue weighted by Gasteiger charge is -2.29. The number of hydrogen-bond donors (Lipinski definition) is 1. The SMILES string of the molecule is COC(=O)C(Nc1cccc(F)c1)C(C)(C)C. The second-order valence-corrected chi connectivity index (χ2v) is 4.98. The molecule has 0 aliphatic heterocycles. The zero-order valence-corrected chi connectivity index (χ0v) is 10.6. The highest BCUT2D eigenvalue weighted by molar-refractivity contribution is 5.80. The monoisotopic (exact) mass is 239 g/mol. The van der Waals surface area contributed by atoms with Gasteiger partial charge in [0.25, 0.3) is 0 Å². The first-order valence-electron chi connectivity index (χ1n) is 5.44. The van der Waals surface area contributed by atoms with Gasteiger partial charge in [-0.2, -0.15) is 0 Å². The van der Waals surface area contributed by atoms with Gasteiger partial charge in [-0.05, 0) is 23.6 Å². The maximum atomic E-state index is 13.0. The lowest BCUT2D eigenvalue weighted by Crippen LogP contribution is -2.41. The highest BCUT2D eigenvalue weighted by Gasteiger charge is 2.32. The van der Waals surface area contributed by atoms with Gasteiger partial charge in [-0.25, -0.2) is 9.18 Å². The number of nitrogens with one attached hydrogen (secondary N) is 1. The number of benzene rings is 1. The molecule has 0 spiro atoms. The van der Waals surface area contributed by atoms with Gasteiger partial charge in [-0.15, -0.1) is 0 Å². The van der Waals surface area contributed by atoms with Crippen LogP contribution in [0.5, 0.6) is 0 Å². The Labute approximate surface area is 101 Å². The molecule has 0 amide bonds. The van der Waals surface area contributed by atoms with Gasteiger partial charge in [0, 0.05) is 5.69 Å². The number of hydrogen-bond acceptors (Lipinski definition) is 3. The number of methoxy groups -OCH3 is 1. The van der Waals surface area contributed by atoms with Gasteiger partial charge in [-0.3, -0.25) is 0 Å². The third kappa shape index (κ3) is 3.73. The summed E-state index contributed by atoms with van der Waals surface area (Å²) in [5, 5.41) is 3.00. The van der Waals surface area contributed by atoms with Crippen molar-refractivity contribution in [2.75, 3.05) is 12.4 Å². The van der Waals surface area contributed by atoms with E-state index in [2.05, 4.69) is 5.32 Å². The quantitative estimate of drug-likeness (QED) is 0.824. The van der Waals surface area contributed by atoms with Gasteiger partial charge in [0.05, 0.1) is 7.11 Å². The van der Waals surface area contributed by atoms with Crippen molar-refractivity contribution in [3.8, 4) is 0 Å². The summed E-state index contributed by atoms with van der Waals surface area (Å²) in [4.78, 5) is 11.7. The van der Waals surface area contributed by atoms with Crippen LogP contribution in [0.3, 0.4) is 0 Å². The van der Waals surface area contributed by atoms with Gasteiger partial charge in [-0.1, -0.05) is 26.8 Å². The summed E-state index contributed by atoms with van der Waals surface area (Å²) in [6.07, 6.45) is 0. The number of esters is 1. The maximum Gasteiger partial charge on any atom is 0.328 e. The minimum atomic E-state index is -0.519. The molecule has 1 unspecified atom stereocenters. The minimum Gasteiger partial charge on any atom is -0.467 e. The highest BCUT2D eigenvalue weighted by atomic mass is 19.1. The Morgan fingerprint density at radius 1 is 1.41 bits per heavy atom. The molecule has 0 fully saturated rings. The second kappa shape index (κ2) is 5.17. The molecule has 17 heavy (non-hydrogen) atoms. The number of ether oxygens (including phenoxy) is 1. The number of carbonyl (C=O) groups is 1. The maximum absolute atomic E-state index is 13.0. The summed E-state index contributed by atoms with van der Waals surface area (Å²) in [6.45, 7) is 5.75. The smallest absolute Gasteiger partial charge is 0.328 e. The van der Waals surface area contributed by atoms with Crippen molar-refractivity contribution >= 4 is 11.7 Å². The largest absolute Gasteiger partial charge is 0.467 e. The van der Waals surface area contributed by atoms with Crippen LogP contribution in [0, 0.1) is 11.2 Å². The van der Waals surface area contributed by atoms with E-state index in [4.69, 9.17) is 4.74 Å². The fourth-order valence-electron chi connectivity index (χ4n) is 1.49. The van der Waals surface area contributed by atoms with Crippen molar-refractivity contribution in [2.24, 2.45) is 5.41 Å². The number of anilines is 1. The van der Waals surface area contributed by atoms with Crippen LogP contribution in [0.2, 0.25) is 0 Å². The topological polar surface area (TPSA) is 38.3 Å². The molecule has 0 saturated heterocycles. The molecule has 94 valence electrons. The zero-order chi connectivity index (χ0) is 13.1. The van der Waals surface area contributed by atoms with Crippen molar-refractivity contribution in [2.45, 2.75) is 26.8 Å². The Kier molecular flexibility index (Phi) is 4.10. The predicted molar refractivity (Wildman–Crippen MR) is 65.3 cm³/mol. The molecule has 1 rings (SSSR count). The van der Waals surface area contributed by atoms with E-state index >= 15 is 0 Å². The Morgan fingerprint density at radius 3 is 2.53 bits per heavy atom. The van der Waals surface area contributed by atoms with Crippen molar-refractivity contribution in [3.05, 3.63) is 30.1 Å². The zero-order valence-electron chi connectivity index (χ0n) is 10.6. The predicted octanol–water partition coefficient (Wildman–Crippen LogP) is 2.83. The molecule has 0 aliphatic carbocycles. The van der Waals surface area contributed by atoms with Crippen LogP contribution in [0.4, 0.5) is 10.1 Å².